The van der Waals surface area contributed by atoms with E-state index in [0.717, 1.165) is 12.8 Å². The summed E-state index contributed by atoms with van der Waals surface area (Å²) in [5.41, 5.74) is 0.505. The number of carbonyl (C=O) groups excluding carboxylic acids is 1. The summed E-state index contributed by atoms with van der Waals surface area (Å²) in [5, 5.41) is 2.80. The Balaban J connectivity index is 1.51. The van der Waals surface area contributed by atoms with Gasteiger partial charge in [-0.1, -0.05) is 0 Å². The molecule has 1 aromatic carbocycles. The number of hydrogen-bond acceptors (Lipinski definition) is 3. The summed E-state index contributed by atoms with van der Waals surface area (Å²) in [6.07, 6.45) is 1.99. The molecule has 4 rings (SSSR count). The van der Waals surface area contributed by atoms with Gasteiger partial charge in [0.25, 0.3) is 0 Å². The van der Waals surface area contributed by atoms with E-state index in [1.165, 1.54) is 0 Å². The molecule has 29 heavy (non-hydrogen) atoms. The lowest BCUT2D eigenvalue weighted by molar-refractivity contribution is -0.121. The van der Waals surface area contributed by atoms with Gasteiger partial charge in [0.2, 0.25) is 5.91 Å². The molecule has 1 saturated heterocycles. The lowest BCUT2D eigenvalue weighted by Gasteiger charge is -2.13. The minimum atomic E-state index is -1.44. The van der Waals surface area contributed by atoms with Crippen LogP contribution < -0.4 is 5.32 Å². The van der Waals surface area contributed by atoms with E-state index in [4.69, 9.17) is 17.0 Å². The average Bonchev–Trinajstić information content (AvgIpc) is 3.39. The van der Waals surface area contributed by atoms with Crippen molar-refractivity contribution in [2.45, 2.75) is 44.2 Å². The van der Waals surface area contributed by atoms with Crippen LogP contribution in [-0.2, 0) is 28.9 Å². The SMILES string of the molecule is O=C(Cc1[nH]c(=S)n2c1C[C@H](c1c(F)c(F)cc(F)c1F)C2)NC[C@@H]1CCCO1. The lowest BCUT2D eigenvalue weighted by Crippen LogP contribution is -2.33. The average molecular weight is 429 g/mol. The van der Waals surface area contributed by atoms with Crippen LogP contribution in [0.2, 0.25) is 0 Å². The Kier molecular flexibility index (Phi) is 5.48. The van der Waals surface area contributed by atoms with Gasteiger partial charge in [-0.25, -0.2) is 17.6 Å². The lowest BCUT2D eigenvalue weighted by atomic mass is 9.94. The molecular formula is C19H19F4N3O2S. The zero-order valence-electron chi connectivity index (χ0n) is 15.4. The molecule has 2 aliphatic rings. The molecule has 0 unspecified atom stereocenters. The van der Waals surface area contributed by atoms with E-state index < -0.39 is 34.8 Å². The van der Waals surface area contributed by atoms with Gasteiger partial charge in [0, 0.05) is 48.6 Å². The Bertz CT molecular complexity index is 988. The van der Waals surface area contributed by atoms with E-state index in [0.29, 0.717) is 29.3 Å². The normalized spacial score (nSPS) is 20.8. The van der Waals surface area contributed by atoms with Crippen molar-refractivity contribution in [1.82, 2.24) is 14.9 Å². The fourth-order valence-corrected chi connectivity index (χ4v) is 4.35. The standard InChI is InChI=1S/C19H19F4N3O2S/c20-11-5-12(21)18(23)16(17(11)22)9-4-14-13(25-19(29)26(14)8-9)6-15(27)24-7-10-2-1-3-28-10/h5,9-10H,1-4,6-8H2,(H,24,27)(H,25,29)/t9-,10-/m0/s1. The van der Waals surface area contributed by atoms with Gasteiger partial charge in [0.1, 0.15) is 0 Å². The number of imidazole rings is 1. The molecule has 1 fully saturated rings. The largest absolute Gasteiger partial charge is 0.376 e. The van der Waals surface area contributed by atoms with E-state index in [2.05, 4.69) is 10.3 Å². The van der Waals surface area contributed by atoms with Crippen LogP contribution in [0.15, 0.2) is 6.07 Å². The molecule has 1 aromatic heterocycles. The van der Waals surface area contributed by atoms with E-state index in [9.17, 15) is 22.4 Å². The number of rotatable bonds is 5. The Morgan fingerprint density at radius 1 is 1.28 bits per heavy atom. The molecule has 10 heteroatoms. The molecule has 156 valence electrons. The van der Waals surface area contributed by atoms with Crippen molar-refractivity contribution in [3.8, 4) is 0 Å². The Morgan fingerprint density at radius 3 is 2.66 bits per heavy atom. The second-order valence-electron chi connectivity index (χ2n) is 7.36. The Hall–Kier alpha value is -2.20. The molecule has 0 spiro atoms. The maximum absolute atomic E-state index is 14.2. The zero-order chi connectivity index (χ0) is 20.7. The first-order chi connectivity index (χ1) is 13.8. The van der Waals surface area contributed by atoms with Crippen molar-refractivity contribution in [3.63, 3.8) is 0 Å². The van der Waals surface area contributed by atoms with Crippen molar-refractivity contribution in [1.29, 1.82) is 0 Å². The summed E-state index contributed by atoms with van der Waals surface area (Å²) in [4.78, 5) is 15.2. The summed E-state index contributed by atoms with van der Waals surface area (Å²) >= 11 is 5.24. The molecule has 2 atom stereocenters. The second kappa shape index (κ2) is 7.91. The summed E-state index contributed by atoms with van der Waals surface area (Å²) in [7, 11) is 0. The van der Waals surface area contributed by atoms with Gasteiger partial charge in [0.15, 0.2) is 28.0 Å². The van der Waals surface area contributed by atoms with Gasteiger partial charge in [-0.3, -0.25) is 4.79 Å². The van der Waals surface area contributed by atoms with Crippen LogP contribution >= 0.6 is 12.2 Å². The highest BCUT2D eigenvalue weighted by Crippen LogP contribution is 2.36. The molecule has 0 bridgehead atoms. The van der Waals surface area contributed by atoms with E-state index in [1.807, 2.05) is 0 Å². The maximum Gasteiger partial charge on any atom is 0.226 e. The molecule has 1 amide bonds. The predicted molar refractivity (Wildman–Crippen MR) is 98.0 cm³/mol. The maximum atomic E-state index is 14.2. The third-order valence-electron chi connectivity index (χ3n) is 5.46. The van der Waals surface area contributed by atoms with E-state index in [1.54, 1.807) is 4.57 Å². The third-order valence-corrected chi connectivity index (χ3v) is 5.78. The van der Waals surface area contributed by atoms with Crippen molar-refractivity contribution in [2.75, 3.05) is 13.2 Å². The first kappa shape index (κ1) is 20.1. The predicted octanol–water partition coefficient (Wildman–Crippen LogP) is 3.28. The zero-order valence-corrected chi connectivity index (χ0v) is 16.2. The molecule has 5 nitrogen and oxygen atoms in total. The van der Waals surface area contributed by atoms with Crippen LogP contribution in [-0.4, -0.2) is 34.7 Å². The summed E-state index contributed by atoms with van der Waals surface area (Å²) < 4.78 is 62.9. The molecule has 2 N–H and O–H groups in total. The number of amides is 1. The van der Waals surface area contributed by atoms with Crippen LogP contribution in [0.5, 0.6) is 0 Å². The van der Waals surface area contributed by atoms with Gasteiger partial charge in [0.05, 0.1) is 12.5 Å². The number of aromatic nitrogens is 2. The monoisotopic (exact) mass is 429 g/mol. The molecule has 3 heterocycles. The van der Waals surface area contributed by atoms with Crippen LogP contribution in [0.4, 0.5) is 17.6 Å². The highest BCUT2D eigenvalue weighted by atomic mass is 32.1. The third kappa shape index (κ3) is 3.83. The smallest absolute Gasteiger partial charge is 0.226 e. The Morgan fingerprint density at radius 2 is 2.00 bits per heavy atom. The molecule has 0 radical (unpaired) electrons. The number of ether oxygens (including phenoxy) is 1. The number of halogens is 4. The van der Waals surface area contributed by atoms with Gasteiger partial charge in [-0.05, 0) is 31.5 Å². The van der Waals surface area contributed by atoms with E-state index >= 15 is 0 Å². The highest BCUT2D eigenvalue weighted by Gasteiger charge is 2.33. The van der Waals surface area contributed by atoms with Gasteiger partial charge in [-0.2, -0.15) is 0 Å². The van der Waals surface area contributed by atoms with Crippen LogP contribution in [0, 0.1) is 28.0 Å². The minimum absolute atomic E-state index is 0.00783. The second-order valence-corrected chi connectivity index (χ2v) is 7.75. The van der Waals surface area contributed by atoms with Crippen LogP contribution in [0.1, 0.15) is 35.7 Å². The topological polar surface area (TPSA) is 59.0 Å². The fourth-order valence-electron chi connectivity index (χ4n) is 4.04. The Labute approximate surface area is 169 Å². The summed E-state index contributed by atoms with van der Waals surface area (Å²) in [5.74, 6) is -6.72. The van der Waals surface area contributed by atoms with Gasteiger partial charge < -0.3 is 19.6 Å². The highest BCUT2D eigenvalue weighted by molar-refractivity contribution is 7.71. The minimum Gasteiger partial charge on any atom is -0.376 e. The molecule has 2 aromatic rings. The van der Waals surface area contributed by atoms with Crippen LogP contribution in [0.25, 0.3) is 0 Å². The van der Waals surface area contributed by atoms with Crippen molar-refractivity contribution < 1.29 is 27.1 Å². The first-order valence-corrected chi connectivity index (χ1v) is 9.77. The molecular weight excluding hydrogens is 410 g/mol. The van der Waals surface area contributed by atoms with Gasteiger partial charge >= 0.3 is 0 Å². The number of carbonyl (C=O) groups is 1. The first-order valence-electron chi connectivity index (χ1n) is 9.37. The molecule has 2 aliphatic heterocycles. The number of fused-ring (bicyclic) bond motifs is 1. The quantitative estimate of drug-likeness (QED) is 0.436. The van der Waals surface area contributed by atoms with E-state index in [-0.39, 0.29) is 37.5 Å². The molecule has 0 aliphatic carbocycles. The van der Waals surface area contributed by atoms with Crippen molar-refractivity contribution >= 4 is 18.1 Å². The number of aromatic amines is 1. The van der Waals surface area contributed by atoms with Gasteiger partial charge in [-0.15, -0.1) is 0 Å². The molecule has 0 saturated carbocycles. The number of benzene rings is 1. The van der Waals surface area contributed by atoms with Crippen molar-refractivity contribution in [3.05, 3.63) is 51.1 Å². The summed E-state index contributed by atoms with van der Waals surface area (Å²) in [6.45, 7) is 1.17. The van der Waals surface area contributed by atoms with Crippen molar-refractivity contribution in [2.24, 2.45) is 0 Å². The number of H-pyrrole nitrogens is 1. The summed E-state index contributed by atoms with van der Waals surface area (Å²) in [6, 6.07) is 0.194. The fraction of sp³-hybridized carbons (Fsp3) is 0.474. The number of hydrogen-bond donors (Lipinski definition) is 2. The van der Waals surface area contributed by atoms with Crippen LogP contribution in [0.3, 0.4) is 0 Å². The number of nitrogens with one attached hydrogen (secondary N) is 2. The number of nitrogens with zero attached hydrogens (tertiary/aromatic N) is 1.